The Hall–Kier alpha value is -3.38. The van der Waals surface area contributed by atoms with E-state index in [2.05, 4.69) is 67.1 Å². The second-order valence-corrected chi connectivity index (χ2v) is 11.2. The number of fused-ring (bicyclic) bond motifs is 1. The average Bonchev–Trinajstić information content (AvgIpc) is 3.39. The molecule has 0 radical (unpaired) electrons. The molecule has 2 N–H and O–H groups in total. The minimum Gasteiger partial charge on any atom is -0.487 e. The molecule has 3 aromatic rings. The highest BCUT2D eigenvalue weighted by atomic mass is 127. The topological polar surface area (TPSA) is 122 Å². The minimum absolute atomic E-state index is 0.113. The lowest BCUT2D eigenvalue weighted by atomic mass is 10.0. The van der Waals surface area contributed by atoms with Gasteiger partial charge in [-0.2, -0.15) is 10.4 Å². The Morgan fingerprint density at radius 3 is 2.44 bits per heavy atom. The van der Waals surface area contributed by atoms with Gasteiger partial charge in [0.1, 0.15) is 18.4 Å². The van der Waals surface area contributed by atoms with E-state index < -0.39 is 17.9 Å². The van der Waals surface area contributed by atoms with Gasteiger partial charge in [-0.05, 0) is 105 Å². The Labute approximate surface area is 253 Å². The van der Waals surface area contributed by atoms with Crippen LogP contribution in [-0.2, 0) is 11.4 Å². The molecule has 1 unspecified atom stereocenters. The average molecular weight is 750 g/mol. The van der Waals surface area contributed by atoms with Crippen molar-refractivity contribution < 1.29 is 23.8 Å². The number of nitriles is 1. The molecular weight excluding hydrogens is 726 g/mol. The third kappa shape index (κ3) is 7.39. The molecule has 39 heavy (non-hydrogen) atoms. The normalized spacial score (nSPS) is 12.7. The molecule has 0 spiro atoms. The second-order valence-electron chi connectivity index (χ2n) is 8.91. The predicted octanol–water partition coefficient (Wildman–Crippen LogP) is 4.98. The molecule has 0 fully saturated rings. The van der Waals surface area contributed by atoms with Crippen molar-refractivity contribution >= 4 is 63.2 Å². The number of rotatable bonds is 9. The molecule has 0 saturated carbocycles. The summed E-state index contributed by atoms with van der Waals surface area (Å²) < 4.78 is 18.4. The summed E-state index contributed by atoms with van der Waals surface area (Å²) in [4.78, 5) is 25.6. The van der Waals surface area contributed by atoms with Gasteiger partial charge in [-0.1, -0.05) is 26.0 Å². The van der Waals surface area contributed by atoms with Crippen LogP contribution in [0.15, 0.2) is 59.7 Å². The summed E-state index contributed by atoms with van der Waals surface area (Å²) >= 11 is 4.39. The Morgan fingerprint density at radius 1 is 1.08 bits per heavy atom. The zero-order valence-corrected chi connectivity index (χ0v) is 25.3. The molecule has 1 aliphatic heterocycles. The van der Waals surface area contributed by atoms with E-state index in [1.54, 1.807) is 36.5 Å². The number of benzene rings is 3. The molecule has 3 aromatic carbocycles. The highest BCUT2D eigenvalue weighted by Crippen LogP contribution is 2.32. The summed E-state index contributed by atoms with van der Waals surface area (Å²) in [7, 11) is 0. The van der Waals surface area contributed by atoms with E-state index in [-0.39, 0.29) is 12.7 Å². The van der Waals surface area contributed by atoms with Crippen LogP contribution < -0.4 is 25.0 Å². The van der Waals surface area contributed by atoms with Crippen molar-refractivity contribution in [3.63, 3.8) is 0 Å². The van der Waals surface area contributed by atoms with E-state index in [9.17, 15) is 9.59 Å². The number of carbonyl (C=O) groups is 2. The van der Waals surface area contributed by atoms with Gasteiger partial charge in [0.15, 0.2) is 11.5 Å². The summed E-state index contributed by atoms with van der Waals surface area (Å²) in [5, 5.41) is 15.8. The number of hydrogen-bond acceptors (Lipinski definition) is 7. The predicted molar refractivity (Wildman–Crippen MR) is 162 cm³/mol. The smallest absolute Gasteiger partial charge is 0.262 e. The molecule has 1 aliphatic rings. The Morgan fingerprint density at radius 2 is 1.77 bits per heavy atom. The standard InChI is InChI=1S/C28H24I2N4O5/c1-16(2)25(33-27(35)20-7-8-23-24(11-20)39-15-38-23)28(36)34-32-13-19-9-21(29)26(22(30)10-19)37-14-18-5-3-17(12-31)4-6-18/h3-11,13,16,25H,14-15H2,1-2H3,(H,33,35)(H,34,36). The van der Waals surface area contributed by atoms with E-state index >= 15 is 0 Å². The fraction of sp³-hybridized carbons (Fsp3) is 0.214. The summed E-state index contributed by atoms with van der Waals surface area (Å²) in [6, 6.07) is 17.2. The lowest BCUT2D eigenvalue weighted by Gasteiger charge is -2.20. The highest BCUT2D eigenvalue weighted by Gasteiger charge is 2.25. The van der Waals surface area contributed by atoms with E-state index in [0.29, 0.717) is 29.2 Å². The fourth-order valence-corrected chi connectivity index (χ4v) is 5.79. The van der Waals surface area contributed by atoms with Crippen LogP contribution in [0.4, 0.5) is 0 Å². The summed E-state index contributed by atoms with van der Waals surface area (Å²) in [5.41, 5.74) is 5.24. The van der Waals surface area contributed by atoms with Crippen molar-refractivity contribution in [1.29, 1.82) is 5.26 Å². The van der Waals surface area contributed by atoms with Crippen LogP contribution in [0.3, 0.4) is 0 Å². The molecule has 1 atom stereocenters. The number of amides is 2. The fourth-order valence-electron chi connectivity index (χ4n) is 3.66. The van der Waals surface area contributed by atoms with Crippen LogP contribution in [0.1, 0.15) is 40.9 Å². The molecule has 4 rings (SSSR count). The Balaban J connectivity index is 1.36. The minimum atomic E-state index is -0.793. The maximum absolute atomic E-state index is 12.9. The maximum Gasteiger partial charge on any atom is 0.262 e. The van der Waals surface area contributed by atoms with Crippen LogP contribution >= 0.6 is 45.2 Å². The molecule has 0 aromatic heterocycles. The van der Waals surface area contributed by atoms with Gasteiger partial charge in [-0.3, -0.25) is 9.59 Å². The molecular formula is C28H24I2N4O5. The first-order chi connectivity index (χ1) is 18.7. The number of hydrazone groups is 1. The van der Waals surface area contributed by atoms with E-state index in [1.165, 1.54) is 0 Å². The van der Waals surface area contributed by atoms with Crippen molar-refractivity contribution in [2.24, 2.45) is 11.0 Å². The Bertz CT molecular complexity index is 1430. The lowest BCUT2D eigenvalue weighted by molar-refractivity contribution is -0.123. The molecule has 0 aliphatic carbocycles. The number of ether oxygens (including phenoxy) is 3. The molecule has 0 bridgehead atoms. The largest absolute Gasteiger partial charge is 0.487 e. The van der Waals surface area contributed by atoms with E-state index in [4.69, 9.17) is 19.5 Å². The van der Waals surface area contributed by atoms with Crippen molar-refractivity contribution in [2.45, 2.75) is 26.5 Å². The van der Waals surface area contributed by atoms with E-state index in [0.717, 1.165) is 24.0 Å². The first-order valence-electron chi connectivity index (χ1n) is 11.9. The molecule has 1 heterocycles. The van der Waals surface area contributed by atoms with Gasteiger partial charge < -0.3 is 19.5 Å². The molecule has 200 valence electrons. The van der Waals surface area contributed by atoms with Gasteiger partial charge >= 0.3 is 0 Å². The van der Waals surface area contributed by atoms with Crippen molar-refractivity contribution in [3.8, 4) is 23.3 Å². The maximum atomic E-state index is 12.9. The first kappa shape index (κ1) is 28.6. The zero-order valence-electron chi connectivity index (χ0n) is 21.0. The summed E-state index contributed by atoms with van der Waals surface area (Å²) in [6.45, 7) is 4.17. The van der Waals surface area contributed by atoms with Gasteiger partial charge in [0.25, 0.3) is 11.8 Å². The van der Waals surface area contributed by atoms with Gasteiger partial charge in [-0.25, -0.2) is 5.43 Å². The quantitative estimate of drug-likeness (QED) is 0.181. The molecule has 2 amide bonds. The summed E-state index contributed by atoms with van der Waals surface area (Å²) in [5.74, 6) is 0.816. The van der Waals surface area contributed by atoms with Gasteiger partial charge in [0, 0.05) is 5.56 Å². The number of carbonyl (C=O) groups excluding carboxylic acids is 2. The number of hydrogen-bond donors (Lipinski definition) is 2. The van der Waals surface area contributed by atoms with Gasteiger partial charge in [0.2, 0.25) is 6.79 Å². The third-order valence-corrected chi connectivity index (χ3v) is 7.35. The monoisotopic (exact) mass is 750 g/mol. The van der Waals surface area contributed by atoms with Crippen molar-refractivity contribution in [3.05, 3.63) is 84.0 Å². The highest BCUT2D eigenvalue weighted by molar-refractivity contribution is 14.1. The SMILES string of the molecule is CC(C)C(NC(=O)c1ccc2c(c1)OCO2)C(=O)NN=Cc1cc(I)c(OCc2ccc(C#N)cc2)c(I)c1. The van der Waals surface area contributed by atoms with E-state index in [1.807, 2.05) is 38.1 Å². The zero-order chi connectivity index (χ0) is 27.9. The summed E-state index contributed by atoms with van der Waals surface area (Å²) in [6.07, 6.45) is 1.55. The number of nitrogens with one attached hydrogen (secondary N) is 2. The second kappa shape index (κ2) is 13.1. The van der Waals surface area contributed by atoms with Crippen LogP contribution in [0.5, 0.6) is 17.2 Å². The lowest BCUT2D eigenvalue weighted by Crippen LogP contribution is -2.48. The van der Waals surface area contributed by atoms with Crippen LogP contribution in [0, 0.1) is 24.4 Å². The molecule has 0 saturated heterocycles. The third-order valence-electron chi connectivity index (χ3n) is 5.75. The van der Waals surface area contributed by atoms with Gasteiger partial charge in [0.05, 0.1) is 25.0 Å². The van der Waals surface area contributed by atoms with Crippen LogP contribution in [-0.4, -0.2) is 30.9 Å². The number of nitrogens with zero attached hydrogens (tertiary/aromatic N) is 2. The molecule has 9 nitrogen and oxygen atoms in total. The van der Waals surface area contributed by atoms with Crippen LogP contribution in [0.25, 0.3) is 0 Å². The van der Waals surface area contributed by atoms with Crippen molar-refractivity contribution in [1.82, 2.24) is 10.7 Å². The number of halogens is 2. The molecule has 11 heteroatoms. The van der Waals surface area contributed by atoms with Gasteiger partial charge in [-0.15, -0.1) is 0 Å². The van der Waals surface area contributed by atoms with Crippen molar-refractivity contribution in [2.75, 3.05) is 6.79 Å². The van der Waals surface area contributed by atoms with Crippen LogP contribution in [0.2, 0.25) is 0 Å². The Kier molecular flexibility index (Phi) is 9.63. The first-order valence-corrected chi connectivity index (χ1v) is 14.0.